The fourth-order valence-electron chi connectivity index (χ4n) is 3.30. The molecule has 0 bridgehead atoms. The van der Waals surface area contributed by atoms with E-state index < -0.39 is 6.36 Å². The summed E-state index contributed by atoms with van der Waals surface area (Å²) in [4.78, 5) is 19.0. The van der Waals surface area contributed by atoms with Gasteiger partial charge in [-0.15, -0.1) is 13.2 Å². The van der Waals surface area contributed by atoms with Crippen LogP contribution in [0.4, 0.5) is 13.2 Å². The third-order valence-electron chi connectivity index (χ3n) is 4.54. The van der Waals surface area contributed by atoms with Gasteiger partial charge in [0.2, 0.25) is 0 Å². The van der Waals surface area contributed by atoms with Crippen molar-refractivity contribution in [2.24, 2.45) is 5.41 Å². The Labute approximate surface area is 156 Å². The lowest BCUT2D eigenvalue weighted by Gasteiger charge is -2.37. The second-order valence-electron chi connectivity index (χ2n) is 7.47. The minimum absolute atomic E-state index is 0.0832. The molecule has 144 valence electrons. The third kappa shape index (κ3) is 4.99. The van der Waals surface area contributed by atoms with E-state index in [9.17, 15) is 18.0 Å². The molecule has 0 saturated carbocycles. The van der Waals surface area contributed by atoms with E-state index in [2.05, 4.69) is 23.6 Å². The topological polar surface area (TPSA) is 42.4 Å². The van der Waals surface area contributed by atoms with Crippen LogP contribution in [-0.2, 0) is 0 Å². The fourth-order valence-corrected chi connectivity index (χ4v) is 3.30. The predicted molar refractivity (Wildman–Crippen MR) is 95.3 cm³/mol. The molecule has 1 amide bonds. The van der Waals surface area contributed by atoms with Gasteiger partial charge in [-0.2, -0.15) is 0 Å². The maximum atomic E-state index is 12.8. The highest BCUT2D eigenvalue weighted by Gasteiger charge is 2.31. The van der Waals surface area contributed by atoms with E-state index in [1.807, 2.05) is 4.90 Å². The number of rotatable bonds is 3. The van der Waals surface area contributed by atoms with Crippen LogP contribution in [0.25, 0.3) is 11.3 Å². The number of hydrogen-bond donors (Lipinski definition) is 0. The van der Waals surface area contributed by atoms with Crippen molar-refractivity contribution in [1.29, 1.82) is 0 Å². The first-order chi connectivity index (χ1) is 12.6. The third-order valence-corrected chi connectivity index (χ3v) is 4.54. The summed E-state index contributed by atoms with van der Waals surface area (Å²) in [5, 5.41) is 0. The van der Waals surface area contributed by atoms with E-state index in [-0.39, 0.29) is 17.1 Å². The van der Waals surface area contributed by atoms with Crippen molar-refractivity contribution >= 4 is 5.91 Å². The number of alkyl halides is 3. The highest BCUT2D eigenvalue weighted by Crippen LogP contribution is 2.30. The highest BCUT2D eigenvalue weighted by atomic mass is 19.4. The second kappa shape index (κ2) is 7.21. The van der Waals surface area contributed by atoms with Crippen LogP contribution in [0.2, 0.25) is 0 Å². The average molecular weight is 378 g/mol. The molecule has 0 radical (unpaired) electrons. The van der Waals surface area contributed by atoms with Gasteiger partial charge in [0, 0.05) is 18.7 Å². The molecule has 0 unspecified atom stereocenters. The zero-order valence-electron chi connectivity index (χ0n) is 15.2. The van der Waals surface area contributed by atoms with Gasteiger partial charge in [0.1, 0.15) is 11.4 Å². The summed E-state index contributed by atoms with van der Waals surface area (Å²) in [5.74, 6) is -0.421. The summed E-state index contributed by atoms with van der Waals surface area (Å²) in [6, 6.07) is 10.5. The van der Waals surface area contributed by atoms with Gasteiger partial charge in [0.25, 0.3) is 5.91 Å². The number of aromatic nitrogens is 1. The van der Waals surface area contributed by atoms with Crippen LogP contribution in [0.3, 0.4) is 0 Å². The van der Waals surface area contributed by atoms with E-state index in [1.54, 1.807) is 18.2 Å². The SMILES string of the molecule is CC1(C)CCCN(C(=O)c2cccc(-c3ccc(OC(F)(F)F)cc3)n2)C1. The Morgan fingerprint density at radius 1 is 1.15 bits per heavy atom. The van der Waals surface area contributed by atoms with Crippen molar-refractivity contribution < 1.29 is 22.7 Å². The second-order valence-corrected chi connectivity index (χ2v) is 7.47. The van der Waals surface area contributed by atoms with Crippen molar-refractivity contribution in [2.75, 3.05) is 13.1 Å². The smallest absolute Gasteiger partial charge is 0.406 e. The molecule has 3 rings (SSSR count). The van der Waals surface area contributed by atoms with Crippen molar-refractivity contribution in [1.82, 2.24) is 9.88 Å². The number of piperidine rings is 1. The summed E-state index contributed by atoms with van der Waals surface area (Å²) >= 11 is 0. The number of carbonyl (C=O) groups excluding carboxylic acids is 1. The van der Waals surface area contributed by atoms with Crippen molar-refractivity contribution in [2.45, 2.75) is 33.1 Å². The molecule has 1 saturated heterocycles. The molecule has 1 fully saturated rings. The van der Waals surface area contributed by atoms with Gasteiger partial charge in [0.15, 0.2) is 0 Å². The van der Waals surface area contributed by atoms with Crippen LogP contribution >= 0.6 is 0 Å². The molecule has 0 spiro atoms. The number of hydrogen-bond acceptors (Lipinski definition) is 3. The lowest BCUT2D eigenvalue weighted by atomic mass is 9.84. The van der Waals surface area contributed by atoms with Crippen LogP contribution < -0.4 is 4.74 Å². The summed E-state index contributed by atoms with van der Waals surface area (Å²) in [6.07, 6.45) is -2.69. The number of benzene rings is 1. The molecular weight excluding hydrogens is 357 g/mol. The standard InChI is InChI=1S/C20H21F3N2O2/c1-19(2)11-4-12-25(13-19)18(26)17-6-3-5-16(24-17)14-7-9-15(10-8-14)27-20(21,22)23/h3,5-10H,4,11-13H2,1-2H3. The van der Waals surface area contributed by atoms with Crippen molar-refractivity contribution in [3.05, 3.63) is 48.2 Å². The van der Waals surface area contributed by atoms with Crippen LogP contribution in [0.1, 0.15) is 37.2 Å². The number of carbonyl (C=O) groups is 1. The number of amides is 1. The molecule has 0 N–H and O–H groups in total. The van der Waals surface area contributed by atoms with Gasteiger partial charge in [-0.1, -0.05) is 19.9 Å². The maximum Gasteiger partial charge on any atom is 0.573 e. The number of pyridine rings is 1. The Kier molecular flexibility index (Phi) is 5.13. The van der Waals surface area contributed by atoms with E-state index in [0.29, 0.717) is 30.0 Å². The Balaban J connectivity index is 1.78. The zero-order chi connectivity index (χ0) is 19.7. The molecule has 1 aromatic heterocycles. The molecular formula is C20H21F3N2O2. The van der Waals surface area contributed by atoms with Gasteiger partial charge in [-0.25, -0.2) is 4.98 Å². The van der Waals surface area contributed by atoms with Crippen molar-refractivity contribution in [3.63, 3.8) is 0 Å². The molecule has 2 aromatic rings. The van der Waals surface area contributed by atoms with Crippen molar-refractivity contribution in [3.8, 4) is 17.0 Å². The number of likely N-dealkylation sites (tertiary alicyclic amines) is 1. The Bertz CT molecular complexity index is 817. The van der Waals surface area contributed by atoms with Crippen LogP contribution in [-0.4, -0.2) is 35.2 Å². The fraction of sp³-hybridized carbons (Fsp3) is 0.400. The van der Waals surface area contributed by atoms with E-state index in [4.69, 9.17) is 0 Å². The van der Waals surface area contributed by atoms with E-state index >= 15 is 0 Å². The van der Waals surface area contributed by atoms with Gasteiger partial charge in [-0.3, -0.25) is 4.79 Å². The maximum absolute atomic E-state index is 12.8. The summed E-state index contributed by atoms with van der Waals surface area (Å²) in [5.41, 5.74) is 1.55. The number of halogens is 3. The van der Waals surface area contributed by atoms with Crippen LogP contribution in [0.15, 0.2) is 42.5 Å². The van der Waals surface area contributed by atoms with E-state index in [0.717, 1.165) is 12.8 Å². The number of nitrogens with zero attached hydrogens (tertiary/aromatic N) is 2. The summed E-state index contributed by atoms with van der Waals surface area (Å²) in [6.45, 7) is 5.67. The first-order valence-electron chi connectivity index (χ1n) is 8.76. The summed E-state index contributed by atoms with van der Waals surface area (Å²) < 4.78 is 40.7. The monoisotopic (exact) mass is 378 g/mol. The Morgan fingerprint density at radius 2 is 1.85 bits per heavy atom. The molecule has 2 heterocycles. The first-order valence-corrected chi connectivity index (χ1v) is 8.76. The van der Waals surface area contributed by atoms with E-state index in [1.165, 1.54) is 24.3 Å². The lowest BCUT2D eigenvalue weighted by molar-refractivity contribution is -0.274. The Morgan fingerprint density at radius 3 is 2.48 bits per heavy atom. The molecule has 1 aliphatic rings. The molecule has 0 aliphatic carbocycles. The van der Waals surface area contributed by atoms with Crippen LogP contribution in [0, 0.1) is 5.41 Å². The molecule has 7 heteroatoms. The first kappa shape index (κ1) is 19.2. The molecule has 27 heavy (non-hydrogen) atoms. The van der Waals surface area contributed by atoms with Gasteiger partial charge in [-0.05, 0) is 54.7 Å². The van der Waals surface area contributed by atoms with Gasteiger partial charge >= 0.3 is 6.36 Å². The zero-order valence-corrected chi connectivity index (χ0v) is 15.2. The van der Waals surface area contributed by atoms with Gasteiger partial charge in [0.05, 0.1) is 5.69 Å². The van der Waals surface area contributed by atoms with Crippen LogP contribution in [0.5, 0.6) is 5.75 Å². The Hall–Kier alpha value is -2.57. The molecule has 4 nitrogen and oxygen atoms in total. The molecule has 1 aromatic carbocycles. The predicted octanol–water partition coefficient (Wildman–Crippen LogP) is 4.91. The normalized spacial score (nSPS) is 16.9. The average Bonchev–Trinajstić information content (AvgIpc) is 2.59. The lowest BCUT2D eigenvalue weighted by Crippen LogP contribution is -2.43. The minimum atomic E-state index is -4.73. The minimum Gasteiger partial charge on any atom is -0.406 e. The molecule has 0 atom stereocenters. The number of ether oxygens (including phenoxy) is 1. The quantitative estimate of drug-likeness (QED) is 0.762. The summed E-state index contributed by atoms with van der Waals surface area (Å²) in [7, 11) is 0. The van der Waals surface area contributed by atoms with Gasteiger partial charge < -0.3 is 9.64 Å². The largest absolute Gasteiger partial charge is 0.573 e. The molecule has 1 aliphatic heterocycles. The highest BCUT2D eigenvalue weighted by molar-refractivity contribution is 5.93.